The Kier molecular flexibility index (Phi) is 4.38. The largest absolute Gasteiger partial charge is 0.493 e. The monoisotopic (exact) mass is 253 g/mol. The molecule has 1 aliphatic rings. The van der Waals surface area contributed by atoms with Gasteiger partial charge in [0.25, 0.3) is 0 Å². The smallest absolute Gasteiger partial charge is 0.182 e. The fourth-order valence-corrected chi connectivity index (χ4v) is 2.22. The molecule has 2 unspecified atom stereocenters. The predicted octanol–water partition coefficient (Wildman–Crippen LogP) is 1.04. The summed E-state index contributed by atoms with van der Waals surface area (Å²) in [5.74, 6) is 1.36. The molecule has 1 N–H and O–H groups in total. The molecule has 0 spiro atoms. The highest BCUT2D eigenvalue weighted by Crippen LogP contribution is 2.31. The van der Waals surface area contributed by atoms with Crippen molar-refractivity contribution < 1.29 is 19.3 Å². The lowest BCUT2D eigenvalue weighted by Gasteiger charge is -2.27. The zero-order valence-electron chi connectivity index (χ0n) is 10.8. The van der Waals surface area contributed by atoms with E-state index in [1.807, 2.05) is 0 Å². The zero-order valence-corrected chi connectivity index (χ0v) is 10.8. The van der Waals surface area contributed by atoms with Crippen molar-refractivity contribution in [1.82, 2.24) is 4.98 Å². The molecule has 5 heteroatoms. The van der Waals surface area contributed by atoms with Crippen LogP contribution in [0.15, 0.2) is 12.3 Å². The topological polar surface area (TPSA) is 60.8 Å². The first kappa shape index (κ1) is 13.1. The lowest BCUT2D eigenvalue weighted by Crippen LogP contribution is -2.33. The summed E-state index contributed by atoms with van der Waals surface area (Å²) in [5.41, 5.74) is 0.798. The number of hydrogen-bond acceptors (Lipinski definition) is 5. The van der Waals surface area contributed by atoms with Gasteiger partial charge in [-0.05, 0) is 6.42 Å². The number of methoxy groups -OCH3 is 2. The highest BCUT2D eigenvalue weighted by atomic mass is 16.5. The Labute approximate surface area is 107 Å². The Balaban J connectivity index is 2.17. The normalized spacial score (nSPS) is 23.7. The van der Waals surface area contributed by atoms with E-state index < -0.39 is 0 Å². The van der Waals surface area contributed by atoms with Crippen LogP contribution in [0.1, 0.15) is 12.1 Å². The molecule has 0 radical (unpaired) electrons. The summed E-state index contributed by atoms with van der Waals surface area (Å²) < 4.78 is 16.0. The first-order valence-electron chi connectivity index (χ1n) is 6.08. The molecule has 100 valence electrons. The molecular weight excluding hydrogens is 234 g/mol. The first-order valence-corrected chi connectivity index (χ1v) is 6.08. The lowest BCUT2D eigenvalue weighted by molar-refractivity contribution is -0.0355. The average molecular weight is 253 g/mol. The number of rotatable bonds is 4. The van der Waals surface area contributed by atoms with E-state index in [2.05, 4.69) is 4.98 Å². The van der Waals surface area contributed by atoms with E-state index >= 15 is 0 Å². The quantitative estimate of drug-likeness (QED) is 0.868. The van der Waals surface area contributed by atoms with Crippen LogP contribution >= 0.6 is 0 Å². The molecule has 0 aromatic carbocycles. The third kappa shape index (κ3) is 2.73. The van der Waals surface area contributed by atoms with Gasteiger partial charge in [-0.15, -0.1) is 0 Å². The molecule has 5 nitrogen and oxygen atoms in total. The van der Waals surface area contributed by atoms with Gasteiger partial charge in [-0.2, -0.15) is 0 Å². The van der Waals surface area contributed by atoms with Crippen LogP contribution < -0.4 is 9.47 Å². The van der Waals surface area contributed by atoms with Gasteiger partial charge in [-0.25, -0.2) is 0 Å². The number of aliphatic hydroxyl groups is 1. The number of pyridine rings is 1. The van der Waals surface area contributed by atoms with Crippen molar-refractivity contribution in [1.29, 1.82) is 0 Å². The van der Waals surface area contributed by atoms with Crippen molar-refractivity contribution >= 4 is 0 Å². The Hall–Kier alpha value is -1.33. The lowest BCUT2D eigenvalue weighted by atomic mass is 9.93. The van der Waals surface area contributed by atoms with E-state index in [0.29, 0.717) is 37.6 Å². The maximum Gasteiger partial charge on any atom is 0.182 e. The maximum absolute atomic E-state index is 9.94. The minimum Gasteiger partial charge on any atom is -0.493 e. The summed E-state index contributed by atoms with van der Waals surface area (Å²) >= 11 is 0. The summed E-state index contributed by atoms with van der Waals surface area (Å²) in [5, 5.41) is 9.94. The highest BCUT2D eigenvalue weighted by Gasteiger charge is 2.26. The molecule has 0 saturated carbocycles. The first-order chi connectivity index (χ1) is 8.76. The van der Waals surface area contributed by atoms with Crippen molar-refractivity contribution in [3.05, 3.63) is 18.0 Å². The SMILES string of the molecule is COc1ccnc(CC2COCCC2O)c1OC. The molecule has 0 aliphatic carbocycles. The van der Waals surface area contributed by atoms with Crippen molar-refractivity contribution in [2.75, 3.05) is 27.4 Å². The van der Waals surface area contributed by atoms with Gasteiger partial charge in [-0.3, -0.25) is 4.98 Å². The van der Waals surface area contributed by atoms with E-state index in [-0.39, 0.29) is 12.0 Å². The van der Waals surface area contributed by atoms with E-state index in [9.17, 15) is 5.11 Å². The van der Waals surface area contributed by atoms with Crippen LogP contribution in [-0.2, 0) is 11.2 Å². The summed E-state index contributed by atoms with van der Waals surface area (Å²) in [6.45, 7) is 1.18. The molecule has 1 aliphatic heterocycles. The molecule has 2 heterocycles. The molecule has 2 atom stereocenters. The standard InChI is InChI=1S/C13H19NO4/c1-16-12-3-5-14-10(13(12)17-2)7-9-8-18-6-4-11(9)15/h3,5,9,11,15H,4,6-8H2,1-2H3. The fraction of sp³-hybridized carbons (Fsp3) is 0.615. The molecule has 1 fully saturated rings. The van der Waals surface area contributed by atoms with Crippen LogP contribution in [0.3, 0.4) is 0 Å². The minimum atomic E-state index is -0.337. The van der Waals surface area contributed by atoms with Gasteiger partial charge >= 0.3 is 0 Å². The van der Waals surface area contributed by atoms with Gasteiger partial charge in [0.2, 0.25) is 0 Å². The van der Waals surface area contributed by atoms with Gasteiger partial charge in [0.05, 0.1) is 32.6 Å². The fourth-order valence-electron chi connectivity index (χ4n) is 2.22. The van der Waals surface area contributed by atoms with Crippen molar-refractivity contribution in [3.8, 4) is 11.5 Å². The minimum absolute atomic E-state index is 0.0623. The second-order valence-corrected chi connectivity index (χ2v) is 4.39. The third-order valence-electron chi connectivity index (χ3n) is 3.26. The summed E-state index contributed by atoms with van der Waals surface area (Å²) in [6.07, 6.45) is 2.65. The van der Waals surface area contributed by atoms with Gasteiger partial charge in [0.15, 0.2) is 11.5 Å². The van der Waals surface area contributed by atoms with Crippen LogP contribution in [0, 0.1) is 5.92 Å². The number of hydrogen-bond donors (Lipinski definition) is 1. The number of aromatic nitrogens is 1. The highest BCUT2D eigenvalue weighted by molar-refractivity contribution is 5.42. The Bertz CT molecular complexity index is 397. The van der Waals surface area contributed by atoms with Crippen LogP contribution in [0.4, 0.5) is 0 Å². The van der Waals surface area contributed by atoms with E-state index in [1.165, 1.54) is 0 Å². The molecule has 1 aromatic heterocycles. The zero-order chi connectivity index (χ0) is 13.0. The molecule has 1 aromatic rings. The molecule has 2 rings (SSSR count). The summed E-state index contributed by atoms with van der Waals surface area (Å²) in [6, 6.07) is 1.76. The summed E-state index contributed by atoms with van der Waals surface area (Å²) in [7, 11) is 3.19. The maximum atomic E-state index is 9.94. The van der Waals surface area contributed by atoms with Crippen molar-refractivity contribution in [2.45, 2.75) is 18.9 Å². The molecule has 1 saturated heterocycles. The van der Waals surface area contributed by atoms with E-state index in [0.717, 1.165) is 5.69 Å². The van der Waals surface area contributed by atoms with Gasteiger partial charge in [0, 0.05) is 31.2 Å². The number of ether oxygens (including phenoxy) is 3. The van der Waals surface area contributed by atoms with Crippen molar-refractivity contribution in [3.63, 3.8) is 0 Å². The van der Waals surface area contributed by atoms with Gasteiger partial charge < -0.3 is 19.3 Å². The number of nitrogens with zero attached hydrogens (tertiary/aromatic N) is 1. The third-order valence-corrected chi connectivity index (χ3v) is 3.26. The van der Waals surface area contributed by atoms with Crippen LogP contribution in [0.2, 0.25) is 0 Å². The van der Waals surface area contributed by atoms with E-state index in [4.69, 9.17) is 14.2 Å². The Morgan fingerprint density at radius 3 is 2.94 bits per heavy atom. The van der Waals surface area contributed by atoms with E-state index in [1.54, 1.807) is 26.5 Å². The van der Waals surface area contributed by atoms with Crippen molar-refractivity contribution in [2.24, 2.45) is 5.92 Å². The molecule has 18 heavy (non-hydrogen) atoms. The second kappa shape index (κ2) is 6.02. The Morgan fingerprint density at radius 1 is 1.44 bits per heavy atom. The number of aliphatic hydroxyl groups excluding tert-OH is 1. The second-order valence-electron chi connectivity index (χ2n) is 4.39. The average Bonchev–Trinajstić information content (AvgIpc) is 2.41. The molecule has 0 amide bonds. The summed E-state index contributed by atoms with van der Waals surface area (Å²) in [4.78, 5) is 4.32. The molecule has 0 bridgehead atoms. The van der Waals surface area contributed by atoms with Crippen LogP contribution in [-0.4, -0.2) is 43.6 Å². The Morgan fingerprint density at radius 2 is 2.28 bits per heavy atom. The predicted molar refractivity (Wildman–Crippen MR) is 66.0 cm³/mol. The molecular formula is C13H19NO4. The van der Waals surface area contributed by atoms with Crippen LogP contribution in [0.25, 0.3) is 0 Å². The van der Waals surface area contributed by atoms with Crippen LogP contribution in [0.5, 0.6) is 11.5 Å². The van der Waals surface area contributed by atoms with Gasteiger partial charge in [0.1, 0.15) is 0 Å². The van der Waals surface area contributed by atoms with Gasteiger partial charge in [-0.1, -0.05) is 0 Å².